The minimum Gasteiger partial charge on any atom is -0.305 e. The number of hydrogen-bond donors (Lipinski definition) is 2. The van der Waals surface area contributed by atoms with Crippen LogP contribution in [0.2, 0.25) is 0 Å². The zero-order valence-corrected chi connectivity index (χ0v) is 7.07. The second-order valence-corrected chi connectivity index (χ2v) is 3.20. The molecule has 0 unspecified atom stereocenters. The number of nitro groups is 1. The van der Waals surface area contributed by atoms with Gasteiger partial charge in [0.2, 0.25) is 0 Å². The van der Waals surface area contributed by atoms with E-state index in [2.05, 4.69) is 4.98 Å². The summed E-state index contributed by atoms with van der Waals surface area (Å²) in [5.41, 5.74) is -2.00. The van der Waals surface area contributed by atoms with E-state index in [-0.39, 0.29) is 11.6 Å². The monoisotopic (exact) mass is 197 g/mol. The highest BCUT2D eigenvalue weighted by Gasteiger charge is 2.34. The van der Waals surface area contributed by atoms with Gasteiger partial charge in [0.05, 0.1) is 4.92 Å². The van der Waals surface area contributed by atoms with Crippen molar-refractivity contribution < 1.29 is 4.92 Å². The molecule has 2 N–H and O–H groups in total. The average Bonchev–Trinajstić information content (AvgIpc) is 2.82. The predicted octanol–water partition coefficient (Wildman–Crippen LogP) is -0.151. The Morgan fingerprint density at radius 3 is 2.43 bits per heavy atom. The molecule has 1 aromatic rings. The second kappa shape index (κ2) is 2.79. The van der Waals surface area contributed by atoms with Crippen molar-refractivity contribution in [2.24, 2.45) is 0 Å². The molecule has 74 valence electrons. The lowest BCUT2D eigenvalue weighted by Crippen LogP contribution is -2.26. The first kappa shape index (κ1) is 8.67. The van der Waals surface area contributed by atoms with Gasteiger partial charge in [0.25, 0.3) is 0 Å². The van der Waals surface area contributed by atoms with Crippen LogP contribution in [0.3, 0.4) is 0 Å². The molecule has 0 spiro atoms. The van der Waals surface area contributed by atoms with E-state index in [9.17, 15) is 19.7 Å². The van der Waals surface area contributed by atoms with E-state index < -0.39 is 21.9 Å². The Bertz CT molecular complexity index is 496. The first-order valence-electron chi connectivity index (χ1n) is 4.10. The fraction of sp³-hybridized carbons (Fsp3) is 0.429. The zero-order chi connectivity index (χ0) is 10.3. The number of hydrogen-bond acceptors (Lipinski definition) is 4. The van der Waals surface area contributed by atoms with E-state index in [0.717, 1.165) is 12.8 Å². The maximum absolute atomic E-state index is 11.1. The van der Waals surface area contributed by atoms with Crippen molar-refractivity contribution in [1.29, 1.82) is 0 Å². The number of H-pyrrole nitrogens is 2. The van der Waals surface area contributed by atoms with Gasteiger partial charge >= 0.3 is 16.9 Å². The Morgan fingerprint density at radius 2 is 1.93 bits per heavy atom. The fourth-order valence-electron chi connectivity index (χ4n) is 1.35. The van der Waals surface area contributed by atoms with Crippen molar-refractivity contribution in [2.45, 2.75) is 18.8 Å². The third kappa shape index (κ3) is 1.32. The van der Waals surface area contributed by atoms with Gasteiger partial charge < -0.3 is 4.98 Å². The largest absolute Gasteiger partial charge is 0.353 e. The summed E-state index contributed by atoms with van der Waals surface area (Å²) in [5, 5.41) is 10.5. The van der Waals surface area contributed by atoms with Crippen molar-refractivity contribution in [3.05, 3.63) is 36.6 Å². The van der Waals surface area contributed by atoms with E-state index in [4.69, 9.17) is 0 Å². The van der Waals surface area contributed by atoms with Gasteiger partial charge in [-0.15, -0.1) is 0 Å². The maximum atomic E-state index is 11.1. The highest BCUT2D eigenvalue weighted by Crippen LogP contribution is 2.41. The molecule has 1 saturated carbocycles. The summed E-state index contributed by atoms with van der Waals surface area (Å²) >= 11 is 0. The predicted molar refractivity (Wildman–Crippen MR) is 46.3 cm³/mol. The molecule has 7 nitrogen and oxygen atoms in total. The lowest BCUT2D eigenvalue weighted by molar-refractivity contribution is -0.387. The first-order chi connectivity index (χ1) is 6.59. The van der Waals surface area contributed by atoms with E-state index in [1.54, 1.807) is 0 Å². The van der Waals surface area contributed by atoms with Crippen LogP contribution < -0.4 is 11.2 Å². The van der Waals surface area contributed by atoms with Gasteiger partial charge in [-0.05, 0) is 12.8 Å². The molecule has 7 heteroatoms. The van der Waals surface area contributed by atoms with Gasteiger partial charge in [0, 0.05) is 5.92 Å². The molecule has 0 radical (unpaired) electrons. The molecular weight excluding hydrogens is 190 g/mol. The lowest BCUT2D eigenvalue weighted by atomic mass is 10.2. The van der Waals surface area contributed by atoms with Crippen molar-refractivity contribution >= 4 is 5.69 Å². The number of nitrogens with one attached hydrogen (secondary N) is 2. The van der Waals surface area contributed by atoms with Crippen LogP contribution >= 0.6 is 0 Å². The van der Waals surface area contributed by atoms with Crippen molar-refractivity contribution in [3.63, 3.8) is 0 Å². The number of rotatable bonds is 2. The van der Waals surface area contributed by atoms with Gasteiger partial charge in [-0.2, -0.15) is 0 Å². The first-order valence-corrected chi connectivity index (χ1v) is 4.10. The van der Waals surface area contributed by atoms with Gasteiger partial charge in [0.1, 0.15) is 5.69 Å². The minimum atomic E-state index is -0.930. The molecular formula is C7H7N3O4. The third-order valence-corrected chi connectivity index (χ3v) is 2.11. The number of aromatic nitrogens is 2. The van der Waals surface area contributed by atoms with Crippen molar-refractivity contribution in [2.75, 3.05) is 0 Å². The molecule has 1 aromatic heterocycles. The zero-order valence-electron chi connectivity index (χ0n) is 7.07. The Balaban J connectivity index is 2.71. The molecule has 0 aliphatic heterocycles. The van der Waals surface area contributed by atoms with Crippen LogP contribution in [-0.4, -0.2) is 14.9 Å². The van der Waals surface area contributed by atoms with Crippen LogP contribution in [0.5, 0.6) is 0 Å². The molecule has 2 rings (SSSR count). The van der Waals surface area contributed by atoms with Crippen LogP contribution in [-0.2, 0) is 0 Å². The summed E-state index contributed by atoms with van der Waals surface area (Å²) in [4.78, 5) is 35.9. The Kier molecular flexibility index (Phi) is 1.73. The van der Waals surface area contributed by atoms with E-state index in [1.165, 1.54) is 0 Å². The van der Waals surface area contributed by atoms with Crippen LogP contribution in [0.1, 0.15) is 24.5 Å². The van der Waals surface area contributed by atoms with E-state index >= 15 is 0 Å². The molecule has 1 aliphatic carbocycles. The minimum absolute atomic E-state index is 0.0367. The molecule has 0 amide bonds. The average molecular weight is 197 g/mol. The smallest absolute Gasteiger partial charge is 0.305 e. The molecule has 0 atom stereocenters. The fourth-order valence-corrected chi connectivity index (χ4v) is 1.35. The highest BCUT2D eigenvalue weighted by atomic mass is 16.6. The normalized spacial score (nSPS) is 15.4. The Morgan fingerprint density at radius 1 is 1.29 bits per heavy atom. The van der Waals surface area contributed by atoms with Gasteiger partial charge in [-0.25, -0.2) is 4.79 Å². The third-order valence-electron chi connectivity index (χ3n) is 2.11. The van der Waals surface area contributed by atoms with Crippen LogP contribution in [0, 0.1) is 10.1 Å². The number of nitrogens with zero attached hydrogens (tertiary/aromatic N) is 1. The van der Waals surface area contributed by atoms with Crippen LogP contribution in [0.4, 0.5) is 5.69 Å². The molecule has 14 heavy (non-hydrogen) atoms. The van der Waals surface area contributed by atoms with E-state index in [0.29, 0.717) is 0 Å². The Labute approximate surface area is 76.9 Å². The summed E-state index contributed by atoms with van der Waals surface area (Å²) in [6.07, 6.45) is 1.56. The van der Waals surface area contributed by atoms with Gasteiger partial charge in [0.15, 0.2) is 0 Å². The summed E-state index contributed by atoms with van der Waals surface area (Å²) in [6, 6.07) is 0. The van der Waals surface area contributed by atoms with Gasteiger partial charge in [-0.3, -0.25) is 19.9 Å². The maximum Gasteiger partial charge on any atom is 0.353 e. The summed E-state index contributed by atoms with van der Waals surface area (Å²) in [5.74, 6) is -0.0367. The summed E-state index contributed by atoms with van der Waals surface area (Å²) in [7, 11) is 0. The highest BCUT2D eigenvalue weighted by molar-refractivity contribution is 5.36. The Hall–Kier alpha value is -1.92. The number of aromatic amines is 2. The van der Waals surface area contributed by atoms with Crippen LogP contribution in [0.25, 0.3) is 0 Å². The molecule has 0 bridgehead atoms. The summed E-state index contributed by atoms with van der Waals surface area (Å²) < 4.78 is 0. The molecule has 1 heterocycles. The van der Waals surface area contributed by atoms with Crippen molar-refractivity contribution in [3.8, 4) is 0 Å². The molecule has 0 saturated heterocycles. The topological polar surface area (TPSA) is 109 Å². The standard InChI is InChI=1S/C7H7N3O4/c11-6-5(10(13)14)4(3-1-2-3)8-7(12)9-6/h3H,1-2H2,(H2,8,9,11,12). The quantitative estimate of drug-likeness (QED) is 0.507. The second-order valence-electron chi connectivity index (χ2n) is 3.20. The van der Waals surface area contributed by atoms with Gasteiger partial charge in [-0.1, -0.05) is 0 Å². The molecule has 1 aliphatic rings. The molecule has 0 aromatic carbocycles. The summed E-state index contributed by atoms with van der Waals surface area (Å²) in [6.45, 7) is 0. The lowest BCUT2D eigenvalue weighted by Gasteiger charge is -1.97. The van der Waals surface area contributed by atoms with E-state index in [1.807, 2.05) is 4.98 Å². The SMILES string of the molecule is O=c1[nH]c(C2CC2)c([N+](=O)[O-])c(=O)[nH]1. The van der Waals surface area contributed by atoms with Crippen molar-refractivity contribution in [1.82, 2.24) is 9.97 Å². The van der Waals surface area contributed by atoms with Crippen LogP contribution in [0.15, 0.2) is 9.59 Å². The molecule has 1 fully saturated rings.